The van der Waals surface area contributed by atoms with Crippen LogP contribution in [0.4, 0.5) is 0 Å². The molecule has 2 heterocycles. The van der Waals surface area contributed by atoms with E-state index in [1.54, 1.807) is 6.20 Å². The number of nitrogens with zero attached hydrogens (tertiary/aromatic N) is 3. The molecule has 0 radical (unpaired) electrons. The van der Waals surface area contributed by atoms with E-state index in [4.69, 9.17) is 0 Å². The third-order valence-electron chi connectivity index (χ3n) is 2.58. The monoisotopic (exact) mass is 312 g/mol. The van der Waals surface area contributed by atoms with Gasteiger partial charge in [0.1, 0.15) is 5.01 Å². The van der Waals surface area contributed by atoms with E-state index in [9.17, 15) is 8.42 Å². The molecule has 0 bridgehead atoms. The van der Waals surface area contributed by atoms with Gasteiger partial charge in [0.25, 0.3) is 10.2 Å². The van der Waals surface area contributed by atoms with E-state index in [0.29, 0.717) is 13.0 Å². The summed E-state index contributed by atoms with van der Waals surface area (Å²) in [5.74, 6) is 0. The van der Waals surface area contributed by atoms with Crippen LogP contribution in [0.25, 0.3) is 10.7 Å². The molecule has 1 N–H and O–H groups in total. The van der Waals surface area contributed by atoms with Crippen LogP contribution in [-0.2, 0) is 16.6 Å². The molecule has 0 spiro atoms. The Bertz CT molecular complexity index is 653. The number of pyridine rings is 1. The maximum Gasteiger partial charge on any atom is 0.278 e. The number of aromatic nitrogens is 2. The molecule has 0 atom stereocenters. The van der Waals surface area contributed by atoms with Crippen molar-refractivity contribution in [2.45, 2.75) is 6.42 Å². The normalized spacial score (nSPS) is 11.9. The van der Waals surface area contributed by atoms with Crippen LogP contribution in [0.3, 0.4) is 0 Å². The molecule has 0 unspecified atom stereocenters. The molecule has 2 aromatic heterocycles. The van der Waals surface area contributed by atoms with Crippen molar-refractivity contribution in [1.29, 1.82) is 0 Å². The summed E-state index contributed by atoms with van der Waals surface area (Å²) in [6.07, 6.45) is 2.28. The average molecular weight is 312 g/mol. The van der Waals surface area contributed by atoms with Gasteiger partial charge in [0, 0.05) is 38.6 Å². The van der Waals surface area contributed by atoms with Crippen molar-refractivity contribution < 1.29 is 8.42 Å². The molecule has 0 aromatic carbocycles. The average Bonchev–Trinajstić information content (AvgIpc) is 2.88. The zero-order valence-electron chi connectivity index (χ0n) is 11.3. The summed E-state index contributed by atoms with van der Waals surface area (Å²) in [4.78, 5) is 8.69. The SMILES string of the molecule is CN(C)S(=O)(=O)NCCc1csc(-c2ccccn2)n1. The van der Waals surface area contributed by atoms with Crippen LogP contribution >= 0.6 is 11.3 Å². The Kier molecular flexibility index (Phi) is 4.81. The van der Waals surface area contributed by atoms with Gasteiger partial charge in [0.2, 0.25) is 0 Å². The number of rotatable bonds is 6. The van der Waals surface area contributed by atoms with Crippen molar-refractivity contribution in [3.8, 4) is 10.7 Å². The van der Waals surface area contributed by atoms with Crippen LogP contribution in [0.1, 0.15) is 5.69 Å². The van der Waals surface area contributed by atoms with Crippen LogP contribution in [0, 0.1) is 0 Å². The van der Waals surface area contributed by atoms with Gasteiger partial charge in [-0.05, 0) is 12.1 Å². The van der Waals surface area contributed by atoms with Crippen LogP contribution in [-0.4, -0.2) is 43.3 Å². The Morgan fingerprint density at radius 2 is 2.15 bits per heavy atom. The Morgan fingerprint density at radius 3 is 2.80 bits per heavy atom. The summed E-state index contributed by atoms with van der Waals surface area (Å²) in [6, 6.07) is 5.67. The molecule has 108 valence electrons. The van der Waals surface area contributed by atoms with Gasteiger partial charge in [-0.2, -0.15) is 12.7 Å². The lowest BCUT2D eigenvalue weighted by atomic mass is 10.3. The zero-order chi connectivity index (χ0) is 14.6. The molecule has 0 saturated heterocycles. The molecule has 20 heavy (non-hydrogen) atoms. The molecule has 0 saturated carbocycles. The quantitative estimate of drug-likeness (QED) is 0.868. The van der Waals surface area contributed by atoms with Gasteiger partial charge in [-0.3, -0.25) is 4.98 Å². The second-order valence-corrected chi connectivity index (χ2v) is 7.12. The molecular formula is C12H16N4O2S2. The highest BCUT2D eigenvalue weighted by Gasteiger charge is 2.12. The minimum atomic E-state index is -3.37. The Hall–Kier alpha value is -1.35. The van der Waals surface area contributed by atoms with Crippen LogP contribution < -0.4 is 4.72 Å². The summed E-state index contributed by atoms with van der Waals surface area (Å²) in [5.41, 5.74) is 1.69. The van der Waals surface area contributed by atoms with E-state index in [-0.39, 0.29) is 0 Å². The summed E-state index contributed by atoms with van der Waals surface area (Å²) in [5, 5.41) is 2.77. The van der Waals surface area contributed by atoms with E-state index in [1.807, 2.05) is 23.6 Å². The summed E-state index contributed by atoms with van der Waals surface area (Å²) < 4.78 is 26.7. The van der Waals surface area contributed by atoms with Gasteiger partial charge in [-0.25, -0.2) is 9.71 Å². The molecule has 0 aliphatic carbocycles. The van der Waals surface area contributed by atoms with Crippen molar-refractivity contribution in [3.63, 3.8) is 0 Å². The Morgan fingerprint density at radius 1 is 1.35 bits per heavy atom. The standard InChI is InChI=1S/C12H16N4O2S2/c1-16(2)20(17,18)14-8-6-10-9-19-12(15-10)11-5-3-4-7-13-11/h3-5,7,9,14H,6,8H2,1-2H3. The first-order valence-corrected chi connectivity index (χ1v) is 8.34. The lowest BCUT2D eigenvalue weighted by molar-refractivity contribution is 0.506. The van der Waals surface area contributed by atoms with E-state index in [0.717, 1.165) is 20.7 Å². The molecular weight excluding hydrogens is 296 g/mol. The van der Waals surface area contributed by atoms with Crippen molar-refractivity contribution >= 4 is 21.5 Å². The first-order chi connectivity index (χ1) is 9.49. The van der Waals surface area contributed by atoms with Crippen molar-refractivity contribution in [3.05, 3.63) is 35.5 Å². The highest BCUT2D eigenvalue weighted by atomic mass is 32.2. The molecule has 0 amide bonds. The lowest BCUT2D eigenvalue weighted by Crippen LogP contribution is -2.36. The second kappa shape index (κ2) is 6.40. The third kappa shape index (κ3) is 3.83. The van der Waals surface area contributed by atoms with Gasteiger partial charge in [-0.1, -0.05) is 6.07 Å². The highest BCUT2D eigenvalue weighted by Crippen LogP contribution is 2.21. The first-order valence-electron chi connectivity index (χ1n) is 6.02. The highest BCUT2D eigenvalue weighted by molar-refractivity contribution is 7.87. The zero-order valence-corrected chi connectivity index (χ0v) is 12.9. The minimum absolute atomic E-state index is 0.325. The van der Waals surface area contributed by atoms with Gasteiger partial charge in [-0.15, -0.1) is 11.3 Å². The fraction of sp³-hybridized carbons (Fsp3) is 0.333. The van der Waals surface area contributed by atoms with Crippen molar-refractivity contribution in [2.24, 2.45) is 0 Å². The third-order valence-corrected chi connectivity index (χ3v) is 5.03. The van der Waals surface area contributed by atoms with E-state index >= 15 is 0 Å². The summed E-state index contributed by atoms with van der Waals surface area (Å²) in [6.45, 7) is 0.325. The molecule has 6 nitrogen and oxygen atoms in total. The maximum atomic E-state index is 11.5. The largest absolute Gasteiger partial charge is 0.278 e. The topological polar surface area (TPSA) is 75.2 Å². The first kappa shape index (κ1) is 15.0. The predicted octanol–water partition coefficient (Wildman–Crippen LogP) is 1.14. The van der Waals surface area contributed by atoms with E-state index < -0.39 is 10.2 Å². The molecule has 2 aromatic rings. The number of hydrogen-bond acceptors (Lipinski definition) is 5. The van der Waals surface area contributed by atoms with Crippen LogP contribution in [0.2, 0.25) is 0 Å². The van der Waals surface area contributed by atoms with Gasteiger partial charge in [0.15, 0.2) is 0 Å². The van der Waals surface area contributed by atoms with Gasteiger partial charge >= 0.3 is 0 Å². The fourth-order valence-corrected chi connectivity index (χ4v) is 2.91. The Balaban J connectivity index is 1.94. The van der Waals surface area contributed by atoms with Crippen LogP contribution in [0.5, 0.6) is 0 Å². The summed E-state index contributed by atoms with van der Waals surface area (Å²) in [7, 11) is -0.386. The van der Waals surface area contributed by atoms with Crippen LogP contribution in [0.15, 0.2) is 29.8 Å². The van der Waals surface area contributed by atoms with Crippen molar-refractivity contribution in [1.82, 2.24) is 19.0 Å². The summed E-state index contributed by atoms with van der Waals surface area (Å²) >= 11 is 1.51. The van der Waals surface area contributed by atoms with E-state index in [2.05, 4.69) is 14.7 Å². The minimum Gasteiger partial charge on any atom is -0.254 e. The Labute approximate surface area is 122 Å². The lowest BCUT2D eigenvalue weighted by Gasteiger charge is -2.11. The molecule has 2 rings (SSSR count). The second-order valence-electron chi connectivity index (χ2n) is 4.29. The maximum absolute atomic E-state index is 11.5. The molecule has 0 aliphatic rings. The van der Waals surface area contributed by atoms with Gasteiger partial charge < -0.3 is 0 Å². The predicted molar refractivity (Wildman–Crippen MR) is 79.7 cm³/mol. The number of thiazole rings is 1. The van der Waals surface area contributed by atoms with Crippen molar-refractivity contribution in [2.75, 3.05) is 20.6 Å². The molecule has 0 fully saturated rings. The smallest absolute Gasteiger partial charge is 0.254 e. The van der Waals surface area contributed by atoms with E-state index in [1.165, 1.54) is 25.4 Å². The number of nitrogens with one attached hydrogen (secondary N) is 1. The number of hydrogen-bond donors (Lipinski definition) is 1. The van der Waals surface area contributed by atoms with Gasteiger partial charge in [0.05, 0.1) is 11.4 Å². The fourth-order valence-electron chi connectivity index (χ4n) is 1.47. The molecule has 0 aliphatic heterocycles. The molecule has 8 heteroatoms.